The van der Waals surface area contributed by atoms with Gasteiger partial charge in [0.25, 0.3) is 0 Å². The molecule has 1 atom stereocenters. The summed E-state index contributed by atoms with van der Waals surface area (Å²) >= 11 is 3.40. The van der Waals surface area contributed by atoms with Crippen molar-refractivity contribution >= 4 is 15.9 Å². The van der Waals surface area contributed by atoms with E-state index in [4.69, 9.17) is 14.9 Å². The van der Waals surface area contributed by atoms with Crippen LogP contribution in [0.5, 0.6) is 5.75 Å². The molecule has 0 aliphatic carbocycles. The summed E-state index contributed by atoms with van der Waals surface area (Å²) in [5.74, 6) is 0.767. The van der Waals surface area contributed by atoms with Gasteiger partial charge in [-0.3, -0.25) is 0 Å². The molecule has 1 unspecified atom stereocenters. The topological polar surface area (TPSA) is 48.4 Å². The highest BCUT2D eigenvalue weighted by Crippen LogP contribution is 2.30. The highest BCUT2D eigenvalue weighted by molar-refractivity contribution is 9.10. The first kappa shape index (κ1) is 11.2. The van der Waals surface area contributed by atoms with Crippen molar-refractivity contribution < 1.29 is 9.15 Å². The largest absolute Gasteiger partial charge is 0.496 e. The highest BCUT2D eigenvalue weighted by atomic mass is 79.9. The Balaban J connectivity index is 2.40. The number of furan rings is 1. The van der Waals surface area contributed by atoms with Gasteiger partial charge in [-0.05, 0) is 18.2 Å². The zero-order valence-corrected chi connectivity index (χ0v) is 10.4. The van der Waals surface area contributed by atoms with Crippen LogP contribution in [0.4, 0.5) is 0 Å². The van der Waals surface area contributed by atoms with E-state index >= 15 is 0 Å². The smallest absolute Gasteiger partial charge is 0.125 e. The van der Waals surface area contributed by atoms with Crippen LogP contribution in [0.25, 0.3) is 0 Å². The Labute approximate surface area is 102 Å². The monoisotopic (exact) mass is 281 g/mol. The Bertz CT molecular complexity index is 468. The van der Waals surface area contributed by atoms with Crippen LogP contribution in [-0.2, 0) is 0 Å². The Morgan fingerprint density at radius 1 is 1.38 bits per heavy atom. The SMILES string of the molecule is COc1cc(Br)ccc1C(N)c1ccoc1. The normalized spacial score (nSPS) is 12.4. The minimum atomic E-state index is -0.234. The van der Waals surface area contributed by atoms with Crippen LogP contribution in [0.2, 0.25) is 0 Å². The molecule has 0 spiro atoms. The summed E-state index contributed by atoms with van der Waals surface area (Å²) in [7, 11) is 1.63. The third-order valence-corrected chi connectivity index (χ3v) is 2.93. The number of hydrogen-bond donors (Lipinski definition) is 1. The van der Waals surface area contributed by atoms with Crippen molar-refractivity contribution in [2.24, 2.45) is 5.73 Å². The minimum Gasteiger partial charge on any atom is -0.496 e. The zero-order valence-electron chi connectivity index (χ0n) is 8.81. The van der Waals surface area contributed by atoms with Crippen molar-refractivity contribution in [3.63, 3.8) is 0 Å². The van der Waals surface area contributed by atoms with E-state index in [0.717, 1.165) is 21.3 Å². The molecule has 2 N–H and O–H groups in total. The highest BCUT2D eigenvalue weighted by Gasteiger charge is 2.15. The summed E-state index contributed by atoms with van der Waals surface area (Å²) in [6, 6.07) is 7.40. The van der Waals surface area contributed by atoms with Crippen molar-refractivity contribution in [2.75, 3.05) is 7.11 Å². The van der Waals surface area contributed by atoms with E-state index < -0.39 is 0 Å². The number of hydrogen-bond acceptors (Lipinski definition) is 3. The summed E-state index contributed by atoms with van der Waals surface area (Å²) in [6.45, 7) is 0. The molecule has 0 bridgehead atoms. The first-order valence-corrected chi connectivity index (χ1v) is 5.63. The predicted molar refractivity (Wildman–Crippen MR) is 65.4 cm³/mol. The number of methoxy groups -OCH3 is 1. The molecule has 0 aliphatic rings. The molecule has 1 aromatic carbocycles. The molecular formula is C12H12BrNO2. The average Bonchev–Trinajstić information content (AvgIpc) is 2.81. The van der Waals surface area contributed by atoms with E-state index in [9.17, 15) is 0 Å². The second-order valence-electron chi connectivity index (χ2n) is 3.42. The Kier molecular flexibility index (Phi) is 3.31. The van der Waals surface area contributed by atoms with Gasteiger partial charge in [-0.2, -0.15) is 0 Å². The fourth-order valence-electron chi connectivity index (χ4n) is 1.57. The number of rotatable bonds is 3. The molecule has 0 amide bonds. The van der Waals surface area contributed by atoms with Gasteiger partial charge >= 0.3 is 0 Å². The molecule has 0 saturated carbocycles. The fourth-order valence-corrected chi connectivity index (χ4v) is 1.91. The maximum absolute atomic E-state index is 6.13. The summed E-state index contributed by atoms with van der Waals surface area (Å²) in [6.07, 6.45) is 3.26. The Morgan fingerprint density at radius 3 is 2.81 bits per heavy atom. The summed E-state index contributed by atoms with van der Waals surface area (Å²) < 4.78 is 11.3. The van der Waals surface area contributed by atoms with Gasteiger partial charge in [0.1, 0.15) is 5.75 Å². The van der Waals surface area contributed by atoms with Crippen LogP contribution in [0.3, 0.4) is 0 Å². The first-order valence-electron chi connectivity index (χ1n) is 4.83. The molecular weight excluding hydrogens is 270 g/mol. The lowest BCUT2D eigenvalue weighted by Gasteiger charge is -2.14. The van der Waals surface area contributed by atoms with Crippen LogP contribution >= 0.6 is 15.9 Å². The van der Waals surface area contributed by atoms with Gasteiger partial charge in [0, 0.05) is 15.6 Å². The molecule has 0 aliphatic heterocycles. The lowest BCUT2D eigenvalue weighted by atomic mass is 10.0. The van der Waals surface area contributed by atoms with Gasteiger partial charge in [-0.1, -0.05) is 22.0 Å². The first-order chi connectivity index (χ1) is 7.72. The molecule has 3 nitrogen and oxygen atoms in total. The summed E-state index contributed by atoms with van der Waals surface area (Å²) in [5.41, 5.74) is 8.00. The number of ether oxygens (including phenoxy) is 1. The fraction of sp³-hybridized carbons (Fsp3) is 0.167. The predicted octanol–water partition coefficient (Wildman–Crippen LogP) is 3.10. The molecule has 1 heterocycles. The lowest BCUT2D eigenvalue weighted by Crippen LogP contribution is -2.12. The molecule has 0 radical (unpaired) electrons. The van der Waals surface area contributed by atoms with Crippen molar-refractivity contribution in [3.8, 4) is 5.75 Å². The standard InChI is InChI=1S/C12H12BrNO2/c1-15-11-6-9(13)2-3-10(11)12(14)8-4-5-16-7-8/h2-7,12H,14H2,1H3. The van der Waals surface area contributed by atoms with E-state index in [1.807, 2.05) is 24.3 Å². The molecule has 84 valence electrons. The average molecular weight is 282 g/mol. The van der Waals surface area contributed by atoms with E-state index in [-0.39, 0.29) is 6.04 Å². The number of benzene rings is 1. The van der Waals surface area contributed by atoms with Crippen LogP contribution in [-0.4, -0.2) is 7.11 Å². The quantitative estimate of drug-likeness (QED) is 0.941. The maximum Gasteiger partial charge on any atom is 0.125 e. The Hall–Kier alpha value is -1.26. The molecule has 2 aromatic rings. The summed E-state index contributed by atoms with van der Waals surface area (Å²) in [5, 5.41) is 0. The summed E-state index contributed by atoms with van der Waals surface area (Å²) in [4.78, 5) is 0. The maximum atomic E-state index is 6.13. The Morgan fingerprint density at radius 2 is 2.19 bits per heavy atom. The third kappa shape index (κ3) is 2.13. The molecule has 0 saturated heterocycles. The van der Waals surface area contributed by atoms with Crippen molar-refractivity contribution in [1.29, 1.82) is 0 Å². The number of nitrogens with two attached hydrogens (primary N) is 1. The lowest BCUT2D eigenvalue weighted by molar-refractivity contribution is 0.407. The second-order valence-corrected chi connectivity index (χ2v) is 4.34. The van der Waals surface area contributed by atoms with Crippen molar-refractivity contribution in [2.45, 2.75) is 6.04 Å². The van der Waals surface area contributed by atoms with Gasteiger partial charge in [-0.15, -0.1) is 0 Å². The molecule has 0 fully saturated rings. The number of halogens is 1. The van der Waals surface area contributed by atoms with E-state index in [0.29, 0.717) is 0 Å². The van der Waals surface area contributed by atoms with Crippen LogP contribution in [0, 0.1) is 0 Å². The molecule has 2 rings (SSSR count). The minimum absolute atomic E-state index is 0.234. The molecule has 4 heteroatoms. The van der Waals surface area contributed by atoms with Gasteiger partial charge in [0.2, 0.25) is 0 Å². The van der Waals surface area contributed by atoms with Gasteiger partial charge in [0.05, 0.1) is 25.7 Å². The third-order valence-electron chi connectivity index (χ3n) is 2.43. The van der Waals surface area contributed by atoms with Crippen molar-refractivity contribution in [3.05, 3.63) is 52.4 Å². The van der Waals surface area contributed by atoms with E-state index in [1.165, 1.54) is 0 Å². The van der Waals surface area contributed by atoms with Gasteiger partial charge in [-0.25, -0.2) is 0 Å². The second kappa shape index (κ2) is 4.72. The molecule has 1 aromatic heterocycles. The van der Waals surface area contributed by atoms with E-state index in [2.05, 4.69) is 15.9 Å². The van der Waals surface area contributed by atoms with Gasteiger partial charge in [0.15, 0.2) is 0 Å². The molecule has 16 heavy (non-hydrogen) atoms. The van der Waals surface area contributed by atoms with Crippen LogP contribution < -0.4 is 10.5 Å². The zero-order chi connectivity index (χ0) is 11.5. The van der Waals surface area contributed by atoms with Gasteiger partial charge < -0.3 is 14.9 Å². The van der Waals surface area contributed by atoms with E-state index in [1.54, 1.807) is 19.6 Å². The van der Waals surface area contributed by atoms with Crippen molar-refractivity contribution in [1.82, 2.24) is 0 Å². The van der Waals surface area contributed by atoms with Crippen LogP contribution in [0.1, 0.15) is 17.2 Å². The van der Waals surface area contributed by atoms with Crippen LogP contribution in [0.15, 0.2) is 45.7 Å².